The van der Waals surface area contributed by atoms with E-state index in [4.69, 9.17) is 0 Å². The van der Waals surface area contributed by atoms with Gasteiger partial charge in [-0.2, -0.15) is 0 Å². The normalized spacial score (nSPS) is 32.7. The summed E-state index contributed by atoms with van der Waals surface area (Å²) in [6.45, 7) is 2.24. The molecule has 0 N–H and O–H groups in total. The Hall–Kier alpha value is -1.20. The average molecular weight is 525 g/mol. The molecule has 0 unspecified atom stereocenters. The summed E-state index contributed by atoms with van der Waals surface area (Å²) in [4.78, 5) is 0. The number of hydrogen-bond acceptors (Lipinski definition) is 0. The first kappa shape index (κ1) is 23.2. The van der Waals surface area contributed by atoms with Crippen LogP contribution < -0.4 is 10.4 Å². The Labute approximate surface area is 224 Å². The third-order valence-electron chi connectivity index (χ3n) is 9.93. The van der Waals surface area contributed by atoms with Crippen LogP contribution in [0.25, 0.3) is 23.3 Å². The van der Waals surface area contributed by atoms with Crippen molar-refractivity contribution in [1.29, 1.82) is 0 Å². The van der Waals surface area contributed by atoms with E-state index < -0.39 is 0 Å². The van der Waals surface area contributed by atoms with Crippen LogP contribution in [0.5, 0.6) is 0 Å². The van der Waals surface area contributed by atoms with Crippen molar-refractivity contribution in [3.63, 3.8) is 0 Å². The first-order valence-corrected chi connectivity index (χ1v) is 13.7. The van der Waals surface area contributed by atoms with E-state index in [1.165, 1.54) is 103 Å². The van der Waals surface area contributed by atoms with E-state index >= 15 is 0 Å². The van der Waals surface area contributed by atoms with E-state index in [2.05, 4.69) is 61.5 Å². The maximum atomic E-state index is 3.77. The van der Waals surface area contributed by atoms with E-state index in [9.17, 15) is 0 Å². The molecular formula is C33H37Zr. The summed E-state index contributed by atoms with van der Waals surface area (Å²) >= 11 is 0. The second kappa shape index (κ2) is 9.03. The third kappa shape index (κ3) is 3.99. The van der Waals surface area contributed by atoms with E-state index in [0.717, 1.165) is 23.7 Å². The van der Waals surface area contributed by atoms with Gasteiger partial charge in [-0.25, -0.2) is 0 Å². The van der Waals surface area contributed by atoms with Crippen molar-refractivity contribution >= 4 is 12.2 Å². The first-order valence-electron chi connectivity index (χ1n) is 13.7. The third-order valence-corrected chi connectivity index (χ3v) is 9.93. The summed E-state index contributed by atoms with van der Waals surface area (Å²) in [6.07, 6.45) is 24.5. The summed E-state index contributed by atoms with van der Waals surface area (Å²) in [6, 6.07) is 14.5. The molecule has 1 radical (unpaired) electrons. The molecule has 0 spiro atoms. The Morgan fingerprint density at radius 1 is 0.824 bits per heavy atom. The molecule has 5 fully saturated rings. The van der Waals surface area contributed by atoms with E-state index in [1.807, 2.05) is 0 Å². The van der Waals surface area contributed by atoms with Crippen LogP contribution >= 0.6 is 0 Å². The molecule has 0 heterocycles. The van der Waals surface area contributed by atoms with Gasteiger partial charge in [-0.15, -0.1) is 0 Å². The van der Waals surface area contributed by atoms with Crippen LogP contribution in [-0.2, 0) is 31.6 Å². The average Bonchev–Trinajstić information content (AvgIpc) is 3.24. The van der Waals surface area contributed by atoms with Gasteiger partial charge < -0.3 is 0 Å². The molecule has 0 saturated heterocycles. The fraction of sp³-hybridized carbons (Fsp3) is 0.515. The standard InChI is InChI=1S/C33H37.Zr/c1-22-7-12-30(32-18-24(17-31(22)32)13-23-5-3-2-4-6-23)28-8-10-29(11-9-28)33-19-25-14-26(20-33)16-27(15-25)21-33;/h7-13,18,23,25-27H,2-6,14-16,19-21H2,1H3;. The number of allylic oxidation sites excluding steroid dienone is 2. The molecule has 0 atom stereocenters. The zero-order valence-electron chi connectivity index (χ0n) is 20.7. The van der Waals surface area contributed by atoms with Gasteiger partial charge in [0.15, 0.2) is 0 Å². The van der Waals surface area contributed by atoms with Crippen molar-refractivity contribution in [2.45, 2.75) is 83.0 Å². The predicted octanol–water partition coefficient (Wildman–Crippen LogP) is 7.09. The Balaban J connectivity index is 0.00000217. The molecule has 0 nitrogen and oxygen atoms in total. The van der Waals surface area contributed by atoms with Crippen molar-refractivity contribution in [2.24, 2.45) is 23.7 Å². The molecule has 8 rings (SSSR count). The summed E-state index contributed by atoms with van der Waals surface area (Å²) in [5.41, 5.74) is 7.55. The van der Waals surface area contributed by atoms with Gasteiger partial charge in [-0.1, -0.05) is 61.7 Å². The maximum Gasteiger partial charge on any atom is 0 e. The van der Waals surface area contributed by atoms with Gasteiger partial charge in [0.2, 0.25) is 0 Å². The number of benzene rings is 2. The summed E-state index contributed by atoms with van der Waals surface area (Å²) in [5.74, 6) is 3.76. The zero-order valence-corrected chi connectivity index (χ0v) is 23.2. The van der Waals surface area contributed by atoms with Gasteiger partial charge in [-0.05, 0) is 138 Å². The van der Waals surface area contributed by atoms with Gasteiger partial charge in [0, 0.05) is 26.2 Å². The van der Waals surface area contributed by atoms with Gasteiger partial charge >= 0.3 is 0 Å². The molecule has 1 heteroatoms. The second-order valence-electron chi connectivity index (χ2n) is 12.3. The second-order valence-corrected chi connectivity index (χ2v) is 12.3. The van der Waals surface area contributed by atoms with Crippen LogP contribution in [0.15, 0.2) is 48.0 Å². The fourth-order valence-electron chi connectivity index (χ4n) is 8.74. The van der Waals surface area contributed by atoms with Crippen molar-refractivity contribution in [3.05, 3.63) is 69.6 Å². The Bertz CT molecular complexity index is 1190. The van der Waals surface area contributed by atoms with E-state index in [-0.39, 0.29) is 26.2 Å². The number of aryl methyl sites for hydroxylation is 1. The molecule has 173 valence electrons. The van der Waals surface area contributed by atoms with Crippen molar-refractivity contribution in [2.75, 3.05) is 0 Å². The molecule has 0 amide bonds. The van der Waals surface area contributed by atoms with Crippen LogP contribution in [0.3, 0.4) is 0 Å². The molecule has 4 bridgehead atoms. The fourth-order valence-corrected chi connectivity index (χ4v) is 8.74. The molecule has 6 aliphatic carbocycles. The van der Waals surface area contributed by atoms with E-state index in [1.54, 1.807) is 5.56 Å². The minimum atomic E-state index is 0. The van der Waals surface area contributed by atoms with Gasteiger partial charge in [0.1, 0.15) is 0 Å². The van der Waals surface area contributed by atoms with Crippen molar-refractivity contribution in [3.8, 4) is 11.1 Å². The monoisotopic (exact) mass is 523 g/mol. The van der Waals surface area contributed by atoms with Crippen LogP contribution in [-0.4, -0.2) is 0 Å². The minimum Gasteiger partial charge on any atom is -0.0735 e. The molecule has 2 aromatic rings. The first-order chi connectivity index (χ1) is 16.1. The minimum absolute atomic E-state index is 0. The van der Waals surface area contributed by atoms with Crippen molar-refractivity contribution < 1.29 is 26.2 Å². The number of rotatable bonds is 3. The Kier molecular flexibility index (Phi) is 6.17. The molecule has 5 saturated carbocycles. The Morgan fingerprint density at radius 2 is 1.47 bits per heavy atom. The zero-order chi connectivity index (χ0) is 22.0. The predicted molar refractivity (Wildman–Crippen MR) is 138 cm³/mol. The molecule has 34 heavy (non-hydrogen) atoms. The van der Waals surface area contributed by atoms with Crippen LogP contribution in [0.1, 0.15) is 81.8 Å². The Morgan fingerprint density at radius 3 is 2.12 bits per heavy atom. The van der Waals surface area contributed by atoms with Crippen LogP contribution in [0.2, 0.25) is 0 Å². The largest absolute Gasteiger partial charge is 0.0735 e. The summed E-state index contributed by atoms with van der Waals surface area (Å²) < 4.78 is 0. The topological polar surface area (TPSA) is 0 Å². The van der Waals surface area contributed by atoms with Gasteiger partial charge in [0.25, 0.3) is 0 Å². The van der Waals surface area contributed by atoms with Crippen molar-refractivity contribution in [1.82, 2.24) is 0 Å². The molecule has 0 aromatic heterocycles. The number of hydrogen-bond donors (Lipinski definition) is 0. The summed E-state index contributed by atoms with van der Waals surface area (Å²) in [7, 11) is 0. The molecule has 0 aliphatic heterocycles. The van der Waals surface area contributed by atoms with Gasteiger partial charge in [-0.3, -0.25) is 0 Å². The SMILES string of the molecule is Cc1ccc(-c2ccc(C34CC5CC(CC(C5)C3)C4)cc2)c2c1=[C]C(=CC1CCCCC1)C=2.[Zr]. The molecule has 6 aliphatic rings. The van der Waals surface area contributed by atoms with Crippen LogP contribution in [0, 0.1) is 30.6 Å². The number of fused-ring (bicyclic) bond motifs is 1. The maximum absolute atomic E-state index is 3.77. The molecule has 2 aromatic carbocycles. The van der Waals surface area contributed by atoms with Crippen LogP contribution in [0.4, 0.5) is 0 Å². The van der Waals surface area contributed by atoms with E-state index in [0.29, 0.717) is 5.41 Å². The van der Waals surface area contributed by atoms with Gasteiger partial charge in [0.05, 0.1) is 0 Å². The smallest absolute Gasteiger partial charge is 0 e. The quantitative estimate of drug-likeness (QED) is 0.402. The molecular weight excluding hydrogens is 488 g/mol. The summed E-state index contributed by atoms with van der Waals surface area (Å²) in [5, 5.41) is 2.71.